The van der Waals surface area contributed by atoms with Crippen molar-refractivity contribution in [2.75, 3.05) is 40.4 Å². The Bertz CT molecular complexity index is 2810. The molecule has 0 saturated heterocycles. The molecule has 0 saturated carbocycles. The van der Waals surface area contributed by atoms with Crippen molar-refractivity contribution in [1.29, 1.82) is 0 Å². The van der Waals surface area contributed by atoms with E-state index in [-0.39, 0.29) is 37.7 Å². The van der Waals surface area contributed by atoms with Crippen molar-refractivity contribution >= 4 is 67.2 Å². The number of aromatic nitrogens is 5. The zero-order chi connectivity index (χ0) is 55.3. The molecule has 0 spiro atoms. The standard InChI is InChI=1S/C56H79N7O12/c1-11-31-29(7)51-52-30(8)32(12-2)40(61-52)20-38-28(6)36(16-18-50(71)63(10)24-46(67)54(73)56(75)48(69)26-65)44(58-38)22-42-34(14-4)33(13-3)41(59-42)21-43-35(27(5)37(57-43)19-39(31)60-51)15-17-49(70)62(9)23-45(66)53(72)55(74)47(68)25-64/h19-22,45-48,53-59,64-69,72-75H,11-18,23-26H2,1-10H3/t45-,46-,47+,48+,53-,54-,55-,56-/m1/s1. The normalized spacial score (nSPS) is 16.2. The van der Waals surface area contributed by atoms with E-state index >= 15 is 0 Å². The minimum absolute atomic E-state index is 0.0276. The Morgan fingerprint density at radius 1 is 0.480 bits per heavy atom. The van der Waals surface area contributed by atoms with Gasteiger partial charge in [0.05, 0.1) is 36.0 Å². The zero-order valence-electron chi connectivity index (χ0n) is 45.0. The molecule has 13 N–H and O–H groups in total. The molecule has 0 unspecified atom stereocenters. The zero-order valence-corrected chi connectivity index (χ0v) is 45.0. The highest BCUT2D eigenvalue weighted by Crippen LogP contribution is 2.40. The van der Waals surface area contributed by atoms with Gasteiger partial charge in [-0.05, 0) is 146 Å². The molecule has 2 aliphatic rings. The number of carbonyl (C=O) groups excluding carboxylic acids is 2. The average Bonchev–Trinajstić information content (AvgIpc) is 4.15. The van der Waals surface area contributed by atoms with Crippen LogP contribution < -0.4 is 0 Å². The van der Waals surface area contributed by atoms with Crippen LogP contribution in [0.3, 0.4) is 0 Å². The van der Waals surface area contributed by atoms with Gasteiger partial charge in [-0.15, -0.1) is 0 Å². The molecule has 4 aromatic rings. The van der Waals surface area contributed by atoms with Gasteiger partial charge in [0.15, 0.2) is 0 Å². The van der Waals surface area contributed by atoms with Crippen LogP contribution in [0.25, 0.3) is 55.4 Å². The van der Waals surface area contributed by atoms with E-state index in [2.05, 4.69) is 80.8 Å². The molecule has 0 fully saturated rings. The largest absolute Gasteiger partial charge is 0.394 e. The first-order valence-corrected chi connectivity index (χ1v) is 26.1. The van der Waals surface area contributed by atoms with Crippen LogP contribution in [-0.4, -0.2) is 187 Å². The number of hydrogen-bond acceptors (Lipinski definition) is 14. The van der Waals surface area contributed by atoms with Crippen molar-refractivity contribution in [1.82, 2.24) is 34.7 Å². The third-order valence-electron chi connectivity index (χ3n) is 15.3. The summed E-state index contributed by atoms with van der Waals surface area (Å²) in [6, 6.07) is 8.25. The highest BCUT2D eigenvalue weighted by molar-refractivity contribution is 6.00. The Kier molecular flexibility index (Phi) is 19.6. The predicted molar refractivity (Wildman–Crippen MR) is 290 cm³/mol. The van der Waals surface area contributed by atoms with Gasteiger partial charge in [0.25, 0.3) is 0 Å². The van der Waals surface area contributed by atoms with Crippen LogP contribution >= 0.6 is 0 Å². The monoisotopic (exact) mass is 1040 g/mol. The summed E-state index contributed by atoms with van der Waals surface area (Å²) in [4.78, 5) is 51.7. The van der Waals surface area contributed by atoms with Crippen molar-refractivity contribution in [3.05, 3.63) is 80.4 Å². The van der Waals surface area contributed by atoms with Crippen LogP contribution in [0, 0.1) is 13.8 Å². The van der Waals surface area contributed by atoms with E-state index in [9.17, 15) is 60.7 Å². The summed E-state index contributed by atoms with van der Waals surface area (Å²) < 4.78 is 0. The molecule has 75 heavy (non-hydrogen) atoms. The van der Waals surface area contributed by atoms with Crippen LogP contribution in [0.5, 0.6) is 0 Å². The first kappa shape index (κ1) is 58.7. The SMILES string of the molecule is CCC1=C(C)c2nc1cc1[nH]c(cc3[nH]c(cc4[nH]c(cc5nc2C(C)=C5CC)c(C)c4CCC(=O)N(C)C[C@@H](O)[C@@H](O)[C@H](O)[C@@H](O)CO)c(CC)c3CC)c(CCC(=O)N(C)C[C@@H](O)[C@@H](O)[C@H](O)[C@@H](O)CO)c1C. The lowest BCUT2D eigenvalue weighted by Gasteiger charge is -2.28. The smallest absolute Gasteiger partial charge is 0.222 e. The number of hydrogen-bond donors (Lipinski definition) is 13. The Balaban J connectivity index is 1.54. The number of amides is 2. The average molecular weight is 1040 g/mol. The van der Waals surface area contributed by atoms with Crippen LogP contribution in [0.1, 0.15) is 123 Å². The summed E-state index contributed by atoms with van der Waals surface area (Å²) in [5, 5.41) is 101. The maximum Gasteiger partial charge on any atom is 0.222 e. The molecule has 10 bridgehead atoms. The number of fused-ring (bicyclic) bond motifs is 11. The number of aromatic amines is 3. The van der Waals surface area contributed by atoms with Gasteiger partial charge in [-0.25, -0.2) is 9.97 Å². The van der Waals surface area contributed by atoms with E-state index in [1.807, 2.05) is 13.8 Å². The van der Waals surface area contributed by atoms with Crippen molar-refractivity contribution in [2.24, 2.45) is 0 Å². The fraction of sp³-hybridized carbons (Fsp3) is 0.536. The van der Waals surface area contributed by atoms with E-state index in [0.29, 0.717) is 38.5 Å². The fourth-order valence-corrected chi connectivity index (χ4v) is 10.5. The van der Waals surface area contributed by atoms with Gasteiger partial charge >= 0.3 is 0 Å². The Morgan fingerprint density at radius 2 is 0.800 bits per heavy atom. The number of H-pyrrole nitrogens is 3. The lowest BCUT2D eigenvalue weighted by atomic mass is 9.99. The molecule has 19 nitrogen and oxygen atoms in total. The van der Waals surface area contributed by atoms with Crippen molar-refractivity contribution < 1.29 is 60.7 Å². The number of aliphatic hydroxyl groups is 10. The van der Waals surface area contributed by atoms with Gasteiger partial charge < -0.3 is 75.8 Å². The fourth-order valence-electron chi connectivity index (χ4n) is 10.5. The summed E-state index contributed by atoms with van der Waals surface area (Å²) in [5.41, 5.74) is 18.0. The maximum atomic E-state index is 13.7. The number of rotatable bonds is 22. The first-order chi connectivity index (χ1) is 35.5. The summed E-state index contributed by atoms with van der Waals surface area (Å²) >= 11 is 0. The minimum atomic E-state index is -1.82. The second-order valence-electron chi connectivity index (χ2n) is 20.1. The number of nitrogens with one attached hydrogen (secondary N) is 3. The number of allylic oxidation sites excluding steroid dienone is 4. The number of nitrogens with zero attached hydrogens (tertiary/aromatic N) is 4. The van der Waals surface area contributed by atoms with Crippen molar-refractivity contribution in [3.63, 3.8) is 0 Å². The molecule has 2 aliphatic heterocycles. The van der Waals surface area contributed by atoms with E-state index < -0.39 is 62.0 Å². The summed E-state index contributed by atoms with van der Waals surface area (Å²) in [5.74, 6) is -0.668. The van der Waals surface area contributed by atoms with Gasteiger partial charge in [-0.3, -0.25) is 9.59 Å². The van der Waals surface area contributed by atoms with Crippen molar-refractivity contribution in [3.8, 4) is 0 Å². The summed E-state index contributed by atoms with van der Waals surface area (Å²) in [6.45, 7) is 14.2. The second-order valence-corrected chi connectivity index (χ2v) is 20.1. The molecule has 6 heterocycles. The van der Waals surface area contributed by atoms with Crippen LogP contribution in [0.15, 0.2) is 24.3 Å². The highest BCUT2D eigenvalue weighted by Gasteiger charge is 2.33. The number of carbonyl (C=O) groups is 2. The van der Waals surface area contributed by atoms with Gasteiger partial charge in [-0.1, -0.05) is 27.7 Å². The van der Waals surface area contributed by atoms with Gasteiger partial charge in [0, 0.05) is 73.1 Å². The number of aryl methyl sites for hydroxylation is 6. The number of likely N-dealkylation sites (N-methyl/N-ethyl adjacent to an activating group) is 2. The molecule has 0 aromatic carbocycles. The third kappa shape index (κ3) is 12.3. The molecule has 4 aromatic heterocycles. The third-order valence-corrected chi connectivity index (χ3v) is 15.3. The number of aliphatic hydroxyl groups excluding tert-OH is 10. The summed E-state index contributed by atoms with van der Waals surface area (Å²) in [7, 11) is 2.97. The molecular formula is C56H79N7O12. The van der Waals surface area contributed by atoms with Gasteiger partial charge in [-0.2, -0.15) is 0 Å². The molecule has 8 atom stereocenters. The predicted octanol–water partition coefficient (Wildman–Crippen LogP) is 3.44. The van der Waals surface area contributed by atoms with E-state index in [1.165, 1.54) is 23.9 Å². The molecule has 0 aliphatic carbocycles. The van der Waals surface area contributed by atoms with Crippen LogP contribution in [0.2, 0.25) is 0 Å². The lowest BCUT2D eigenvalue weighted by molar-refractivity contribution is -0.138. The Morgan fingerprint density at radius 3 is 1.12 bits per heavy atom. The van der Waals surface area contributed by atoms with Crippen LogP contribution in [0.4, 0.5) is 0 Å². The summed E-state index contributed by atoms with van der Waals surface area (Å²) in [6.07, 6.45) is -10.4. The highest BCUT2D eigenvalue weighted by atomic mass is 16.4. The molecule has 410 valence electrons. The molecule has 6 rings (SSSR count). The Hall–Kier alpha value is -5.58. The molecule has 2 amide bonds. The minimum Gasteiger partial charge on any atom is -0.394 e. The van der Waals surface area contributed by atoms with Gasteiger partial charge in [0.1, 0.15) is 48.8 Å². The lowest BCUT2D eigenvalue weighted by Crippen LogP contribution is -2.50. The molecular weight excluding hydrogens is 963 g/mol. The van der Waals surface area contributed by atoms with Gasteiger partial charge in [0.2, 0.25) is 11.8 Å². The van der Waals surface area contributed by atoms with E-state index in [0.717, 1.165) is 112 Å². The molecule has 19 heteroatoms. The maximum absolute atomic E-state index is 13.7. The second kappa shape index (κ2) is 25.1. The topological polar surface area (TPSA) is 316 Å². The van der Waals surface area contributed by atoms with E-state index in [1.54, 1.807) is 0 Å². The van der Waals surface area contributed by atoms with E-state index in [4.69, 9.17) is 9.97 Å². The van der Waals surface area contributed by atoms with Crippen LogP contribution in [-0.2, 0) is 35.3 Å². The Labute approximate surface area is 437 Å². The van der Waals surface area contributed by atoms with Crippen molar-refractivity contribution in [2.45, 2.75) is 156 Å². The first-order valence-electron chi connectivity index (χ1n) is 26.1. The molecule has 0 radical (unpaired) electrons. The quantitative estimate of drug-likeness (QED) is 0.0537.